The summed E-state index contributed by atoms with van der Waals surface area (Å²) >= 11 is 1.76. The molecular formula is C25H35F3N4OS. The van der Waals surface area contributed by atoms with Crippen LogP contribution in [0.1, 0.15) is 67.8 Å². The van der Waals surface area contributed by atoms with Crippen molar-refractivity contribution in [2.75, 3.05) is 39.1 Å². The number of nitrogens with zero attached hydrogens (tertiary/aromatic N) is 4. The molecule has 1 aromatic heterocycles. The lowest BCUT2D eigenvalue weighted by molar-refractivity contribution is -0.137. The van der Waals surface area contributed by atoms with Crippen LogP contribution in [0.15, 0.2) is 29.4 Å². The number of rotatable bonds is 10. The van der Waals surface area contributed by atoms with E-state index in [2.05, 4.69) is 40.7 Å². The van der Waals surface area contributed by atoms with E-state index in [9.17, 15) is 13.2 Å². The van der Waals surface area contributed by atoms with Gasteiger partial charge in [0.2, 0.25) is 0 Å². The molecule has 0 spiro atoms. The minimum atomic E-state index is -4.27. The molecule has 1 aromatic carbocycles. The Morgan fingerprint density at radius 2 is 1.85 bits per heavy atom. The van der Waals surface area contributed by atoms with Crippen molar-refractivity contribution in [1.82, 2.24) is 19.7 Å². The highest BCUT2D eigenvalue weighted by Crippen LogP contribution is 2.61. The number of alkyl halides is 3. The van der Waals surface area contributed by atoms with Crippen molar-refractivity contribution in [1.29, 1.82) is 0 Å². The third-order valence-corrected chi connectivity index (χ3v) is 8.53. The number of thioether (sulfide) groups is 1. The van der Waals surface area contributed by atoms with Gasteiger partial charge in [0, 0.05) is 31.9 Å². The number of aromatic nitrogens is 3. The van der Waals surface area contributed by atoms with Crippen LogP contribution in [-0.4, -0.2) is 58.8 Å². The van der Waals surface area contributed by atoms with E-state index in [1.54, 1.807) is 23.9 Å². The molecule has 1 aliphatic heterocycles. The lowest BCUT2D eigenvalue weighted by Crippen LogP contribution is -2.23. The fourth-order valence-electron chi connectivity index (χ4n) is 4.93. The van der Waals surface area contributed by atoms with E-state index in [0.717, 1.165) is 80.7 Å². The van der Waals surface area contributed by atoms with Crippen LogP contribution in [0.5, 0.6) is 0 Å². The summed E-state index contributed by atoms with van der Waals surface area (Å²) in [4.78, 5) is 2.36. The van der Waals surface area contributed by atoms with Crippen molar-refractivity contribution >= 4 is 11.8 Å². The van der Waals surface area contributed by atoms with Crippen molar-refractivity contribution < 1.29 is 17.9 Å². The molecule has 1 saturated heterocycles. The minimum Gasteiger partial charge on any atom is -0.381 e. The van der Waals surface area contributed by atoms with Gasteiger partial charge in [0.05, 0.1) is 5.56 Å². The highest BCUT2D eigenvalue weighted by Gasteiger charge is 2.50. The van der Waals surface area contributed by atoms with Crippen molar-refractivity contribution in [2.45, 2.75) is 62.2 Å². The second-order valence-electron chi connectivity index (χ2n) is 10.1. The molecule has 0 unspecified atom stereocenters. The summed E-state index contributed by atoms with van der Waals surface area (Å²) < 4.78 is 46.0. The predicted octanol–water partition coefficient (Wildman–Crippen LogP) is 5.73. The van der Waals surface area contributed by atoms with Crippen LogP contribution in [0.4, 0.5) is 13.2 Å². The predicted molar refractivity (Wildman–Crippen MR) is 128 cm³/mol. The highest BCUT2D eigenvalue weighted by molar-refractivity contribution is 7.99. The molecule has 5 nitrogen and oxygen atoms in total. The van der Waals surface area contributed by atoms with Gasteiger partial charge in [-0.1, -0.05) is 30.8 Å². The fourth-order valence-corrected chi connectivity index (χ4v) is 5.77. The Hall–Kier alpha value is -1.58. The van der Waals surface area contributed by atoms with Gasteiger partial charge >= 0.3 is 6.18 Å². The molecule has 0 radical (unpaired) electrons. The number of halogens is 3. The van der Waals surface area contributed by atoms with Crippen LogP contribution in [-0.2, 0) is 18.0 Å². The Morgan fingerprint density at radius 3 is 2.53 bits per heavy atom. The first-order valence-electron chi connectivity index (χ1n) is 12.1. The molecule has 2 heterocycles. The molecule has 0 amide bonds. The van der Waals surface area contributed by atoms with Crippen molar-refractivity contribution in [3.05, 3.63) is 41.2 Å². The van der Waals surface area contributed by atoms with E-state index in [4.69, 9.17) is 4.74 Å². The number of ether oxygens (including phenoxy) is 1. The summed E-state index contributed by atoms with van der Waals surface area (Å²) in [7, 11) is 4.21. The molecule has 0 bridgehead atoms. The molecule has 188 valence electrons. The molecule has 9 heteroatoms. The highest BCUT2D eigenvalue weighted by atomic mass is 32.2. The van der Waals surface area contributed by atoms with Gasteiger partial charge in [-0.25, -0.2) is 0 Å². The van der Waals surface area contributed by atoms with Crippen LogP contribution in [0.2, 0.25) is 0 Å². The second kappa shape index (κ2) is 10.6. The Morgan fingerprint density at radius 1 is 1.15 bits per heavy atom. The van der Waals surface area contributed by atoms with Crippen molar-refractivity contribution in [2.24, 2.45) is 12.5 Å². The molecule has 2 aromatic rings. The fraction of sp³-hybridized carbons (Fsp3) is 0.680. The summed E-state index contributed by atoms with van der Waals surface area (Å²) in [6.07, 6.45) is 0.926. The van der Waals surface area contributed by atoms with Crippen molar-refractivity contribution in [3.8, 4) is 0 Å². The summed E-state index contributed by atoms with van der Waals surface area (Å²) in [6, 6.07) is 5.72. The average molecular weight is 497 g/mol. The molecule has 2 atom stereocenters. The third-order valence-electron chi connectivity index (χ3n) is 7.43. The maximum absolute atomic E-state index is 12.8. The van der Waals surface area contributed by atoms with Crippen molar-refractivity contribution in [3.63, 3.8) is 0 Å². The molecule has 2 aliphatic rings. The first-order chi connectivity index (χ1) is 16.2. The van der Waals surface area contributed by atoms with Gasteiger partial charge < -0.3 is 14.2 Å². The van der Waals surface area contributed by atoms with Crippen LogP contribution in [0.3, 0.4) is 0 Å². The van der Waals surface area contributed by atoms with Gasteiger partial charge in [0.15, 0.2) is 5.16 Å². The van der Waals surface area contributed by atoms with E-state index in [0.29, 0.717) is 11.8 Å². The smallest absolute Gasteiger partial charge is 0.381 e. The standard InChI is InChI=1S/C25H35F3N4OS/c1-24(17-21(24)18-5-7-20(8-6-18)25(26,27)28)11-13-31(2)12-4-16-34-23-30-29-22(32(23)3)19-9-14-33-15-10-19/h5-8,19,21H,4,9-17H2,1-3H3/t21-,24-/m1/s1. The van der Waals surface area contributed by atoms with Gasteiger partial charge in [-0.3, -0.25) is 0 Å². The molecular weight excluding hydrogens is 461 g/mol. The Bertz CT molecular complexity index is 943. The zero-order valence-corrected chi connectivity index (χ0v) is 21.1. The van der Waals surface area contributed by atoms with Gasteiger partial charge in [0.25, 0.3) is 0 Å². The Kier molecular flexibility index (Phi) is 7.94. The van der Waals surface area contributed by atoms with Gasteiger partial charge in [-0.2, -0.15) is 13.2 Å². The molecule has 1 saturated carbocycles. The third kappa shape index (κ3) is 6.15. The molecule has 34 heavy (non-hydrogen) atoms. The quantitative estimate of drug-likeness (QED) is 0.311. The molecule has 0 N–H and O–H groups in total. The van der Waals surface area contributed by atoms with Gasteiger partial charge in [-0.15, -0.1) is 10.2 Å². The zero-order chi connectivity index (χ0) is 24.3. The largest absolute Gasteiger partial charge is 0.416 e. The number of benzene rings is 1. The Labute approximate surface area is 204 Å². The summed E-state index contributed by atoms with van der Waals surface area (Å²) in [5.41, 5.74) is 0.637. The lowest BCUT2D eigenvalue weighted by atomic mass is 9.96. The second-order valence-corrected chi connectivity index (χ2v) is 11.1. The van der Waals surface area contributed by atoms with E-state index >= 15 is 0 Å². The topological polar surface area (TPSA) is 43.2 Å². The lowest BCUT2D eigenvalue weighted by Gasteiger charge is -2.21. The van der Waals surface area contributed by atoms with E-state index in [1.165, 1.54) is 12.1 Å². The zero-order valence-electron chi connectivity index (χ0n) is 20.3. The normalized spacial score (nSPS) is 23.6. The summed E-state index contributed by atoms with van der Waals surface area (Å²) in [5, 5.41) is 9.82. The molecule has 4 rings (SSSR count). The summed E-state index contributed by atoms with van der Waals surface area (Å²) in [6.45, 7) is 5.87. The Balaban J connectivity index is 1.16. The number of hydrogen-bond acceptors (Lipinski definition) is 5. The van der Waals surface area contributed by atoms with Gasteiger partial charge in [0.1, 0.15) is 5.82 Å². The van der Waals surface area contributed by atoms with Crippen LogP contribution in [0.25, 0.3) is 0 Å². The maximum atomic E-state index is 12.8. The first-order valence-corrected chi connectivity index (χ1v) is 13.1. The monoisotopic (exact) mass is 496 g/mol. The van der Waals surface area contributed by atoms with E-state index in [1.807, 2.05) is 0 Å². The summed E-state index contributed by atoms with van der Waals surface area (Å²) in [5.74, 6) is 2.87. The van der Waals surface area contributed by atoms with Crippen LogP contribution in [0, 0.1) is 5.41 Å². The van der Waals surface area contributed by atoms with Crippen LogP contribution >= 0.6 is 11.8 Å². The minimum absolute atomic E-state index is 0.182. The maximum Gasteiger partial charge on any atom is 0.416 e. The van der Waals surface area contributed by atoms with E-state index < -0.39 is 11.7 Å². The first kappa shape index (κ1) is 25.5. The van der Waals surface area contributed by atoms with Crippen LogP contribution < -0.4 is 0 Å². The molecule has 1 aliphatic carbocycles. The van der Waals surface area contributed by atoms with E-state index in [-0.39, 0.29) is 5.41 Å². The number of hydrogen-bond donors (Lipinski definition) is 0. The average Bonchev–Trinajstić information content (AvgIpc) is 3.37. The molecule has 2 fully saturated rings. The van der Waals surface area contributed by atoms with Gasteiger partial charge in [-0.05, 0) is 81.3 Å². The SMILES string of the molecule is CN(CCCSc1nnc(C2CCOCC2)n1C)CC[C@]1(C)C[C@@H]1c1ccc(C(F)(F)F)cc1.